The first-order chi connectivity index (χ1) is 9.22. The predicted molar refractivity (Wildman–Crippen MR) is 73.9 cm³/mol. The van der Waals surface area contributed by atoms with Crippen LogP contribution in [0.25, 0.3) is 0 Å². The SMILES string of the molecule is Fc1ccc(Cn2nc(C3CCCC3)cc2Cl)cc1. The lowest BCUT2D eigenvalue weighted by Crippen LogP contribution is -2.03. The fourth-order valence-electron chi connectivity index (χ4n) is 2.71. The number of nitrogens with zero attached hydrogens (tertiary/aromatic N) is 2. The van der Waals surface area contributed by atoms with Gasteiger partial charge in [-0.1, -0.05) is 36.6 Å². The summed E-state index contributed by atoms with van der Waals surface area (Å²) in [5.41, 5.74) is 2.11. The Morgan fingerprint density at radius 2 is 1.89 bits per heavy atom. The van der Waals surface area contributed by atoms with E-state index in [4.69, 9.17) is 11.6 Å². The molecule has 0 N–H and O–H groups in total. The minimum atomic E-state index is -0.220. The minimum absolute atomic E-state index is 0.220. The van der Waals surface area contributed by atoms with Crippen molar-refractivity contribution in [3.63, 3.8) is 0 Å². The molecule has 3 rings (SSSR count). The van der Waals surface area contributed by atoms with Gasteiger partial charge in [-0.25, -0.2) is 9.07 Å². The highest BCUT2D eigenvalue weighted by Gasteiger charge is 2.20. The fraction of sp³-hybridized carbons (Fsp3) is 0.400. The third-order valence-corrected chi connectivity index (χ3v) is 4.07. The minimum Gasteiger partial charge on any atom is -0.249 e. The van der Waals surface area contributed by atoms with E-state index < -0.39 is 0 Å². The molecule has 1 heterocycles. The van der Waals surface area contributed by atoms with Crippen LogP contribution < -0.4 is 0 Å². The van der Waals surface area contributed by atoms with Gasteiger partial charge in [-0.2, -0.15) is 5.10 Å². The van der Waals surface area contributed by atoms with Crippen LogP contribution in [0.2, 0.25) is 5.15 Å². The molecule has 0 saturated heterocycles. The van der Waals surface area contributed by atoms with Crippen LogP contribution >= 0.6 is 11.6 Å². The van der Waals surface area contributed by atoms with Crippen LogP contribution in [0.3, 0.4) is 0 Å². The molecule has 1 aliphatic rings. The summed E-state index contributed by atoms with van der Waals surface area (Å²) in [4.78, 5) is 0. The van der Waals surface area contributed by atoms with E-state index >= 15 is 0 Å². The Hall–Kier alpha value is -1.35. The second kappa shape index (κ2) is 5.33. The largest absolute Gasteiger partial charge is 0.249 e. The molecule has 0 unspecified atom stereocenters. The van der Waals surface area contributed by atoms with Crippen molar-refractivity contribution in [3.8, 4) is 0 Å². The van der Waals surface area contributed by atoms with Gasteiger partial charge in [0, 0.05) is 5.92 Å². The lowest BCUT2D eigenvalue weighted by Gasteiger charge is -2.05. The molecule has 1 saturated carbocycles. The summed E-state index contributed by atoms with van der Waals surface area (Å²) in [5.74, 6) is 0.342. The smallest absolute Gasteiger partial charge is 0.127 e. The maximum atomic E-state index is 12.9. The Morgan fingerprint density at radius 3 is 2.58 bits per heavy atom. The summed E-state index contributed by atoms with van der Waals surface area (Å²) in [6.07, 6.45) is 4.99. The van der Waals surface area contributed by atoms with Crippen LogP contribution in [-0.2, 0) is 6.54 Å². The quantitative estimate of drug-likeness (QED) is 0.815. The number of aromatic nitrogens is 2. The summed E-state index contributed by atoms with van der Waals surface area (Å²) in [6.45, 7) is 0.589. The maximum Gasteiger partial charge on any atom is 0.127 e. The molecule has 100 valence electrons. The zero-order valence-corrected chi connectivity index (χ0v) is 11.4. The maximum absolute atomic E-state index is 12.9. The summed E-state index contributed by atoms with van der Waals surface area (Å²) in [7, 11) is 0. The van der Waals surface area contributed by atoms with Crippen LogP contribution in [-0.4, -0.2) is 9.78 Å². The highest BCUT2D eigenvalue weighted by atomic mass is 35.5. The first-order valence-electron chi connectivity index (χ1n) is 6.70. The van der Waals surface area contributed by atoms with Crippen molar-refractivity contribution >= 4 is 11.6 Å². The number of benzene rings is 1. The van der Waals surface area contributed by atoms with Crippen molar-refractivity contribution in [2.24, 2.45) is 0 Å². The third-order valence-electron chi connectivity index (χ3n) is 3.77. The van der Waals surface area contributed by atoms with Gasteiger partial charge in [0.15, 0.2) is 0 Å². The highest BCUT2D eigenvalue weighted by molar-refractivity contribution is 6.29. The molecule has 0 atom stereocenters. The van der Waals surface area contributed by atoms with E-state index in [9.17, 15) is 4.39 Å². The summed E-state index contributed by atoms with van der Waals surface area (Å²) in [6, 6.07) is 8.43. The van der Waals surface area contributed by atoms with E-state index in [1.807, 2.05) is 6.07 Å². The fourth-order valence-corrected chi connectivity index (χ4v) is 2.92. The van der Waals surface area contributed by atoms with E-state index in [1.54, 1.807) is 16.8 Å². The standard InChI is InChI=1S/C15H16ClFN2/c16-15-9-14(12-3-1-2-4-12)18-19(15)10-11-5-7-13(17)8-6-11/h5-9,12H,1-4,10H2. The van der Waals surface area contributed by atoms with Crippen LogP contribution in [0.4, 0.5) is 4.39 Å². The molecule has 0 bridgehead atoms. The molecule has 1 aromatic heterocycles. The van der Waals surface area contributed by atoms with Gasteiger partial charge in [-0.3, -0.25) is 0 Å². The normalized spacial score (nSPS) is 16.1. The third kappa shape index (κ3) is 2.81. The molecule has 19 heavy (non-hydrogen) atoms. The zero-order chi connectivity index (χ0) is 13.2. The van der Waals surface area contributed by atoms with Crippen molar-refractivity contribution in [2.75, 3.05) is 0 Å². The highest BCUT2D eigenvalue weighted by Crippen LogP contribution is 2.34. The van der Waals surface area contributed by atoms with Crippen LogP contribution in [0.15, 0.2) is 30.3 Å². The monoisotopic (exact) mass is 278 g/mol. The van der Waals surface area contributed by atoms with Crippen LogP contribution in [0, 0.1) is 5.82 Å². The lowest BCUT2D eigenvalue weighted by molar-refractivity contribution is 0.618. The van der Waals surface area contributed by atoms with Gasteiger partial charge in [0.25, 0.3) is 0 Å². The predicted octanol–water partition coefficient (Wildman–Crippen LogP) is 4.38. The average Bonchev–Trinajstić information content (AvgIpc) is 3.03. The van der Waals surface area contributed by atoms with Crippen LogP contribution in [0.1, 0.15) is 42.9 Å². The van der Waals surface area contributed by atoms with Gasteiger partial charge in [-0.05, 0) is 36.6 Å². The zero-order valence-electron chi connectivity index (χ0n) is 10.6. The average molecular weight is 279 g/mol. The number of halogens is 2. The molecule has 0 amide bonds. The molecule has 0 aliphatic heterocycles. The van der Waals surface area contributed by atoms with E-state index in [-0.39, 0.29) is 5.82 Å². The Bertz CT molecular complexity index is 556. The van der Waals surface area contributed by atoms with E-state index in [0.29, 0.717) is 17.6 Å². The second-order valence-electron chi connectivity index (χ2n) is 5.16. The summed E-state index contributed by atoms with van der Waals surface area (Å²) >= 11 is 6.23. The molecule has 0 spiro atoms. The lowest BCUT2D eigenvalue weighted by atomic mass is 10.1. The molecule has 1 aliphatic carbocycles. The number of hydrogen-bond acceptors (Lipinski definition) is 1. The topological polar surface area (TPSA) is 17.8 Å². The van der Waals surface area contributed by atoms with E-state index in [1.165, 1.54) is 37.8 Å². The Morgan fingerprint density at radius 1 is 1.21 bits per heavy atom. The summed E-state index contributed by atoms with van der Waals surface area (Å²) in [5, 5.41) is 5.26. The van der Waals surface area contributed by atoms with Gasteiger partial charge < -0.3 is 0 Å². The molecule has 2 nitrogen and oxygen atoms in total. The molecule has 0 radical (unpaired) electrons. The van der Waals surface area contributed by atoms with Gasteiger partial charge in [-0.15, -0.1) is 0 Å². The Balaban J connectivity index is 1.79. The van der Waals surface area contributed by atoms with Gasteiger partial charge >= 0.3 is 0 Å². The van der Waals surface area contributed by atoms with Crippen molar-refractivity contribution in [2.45, 2.75) is 38.1 Å². The first-order valence-corrected chi connectivity index (χ1v) is 7.08. The van der Waals surface area contributed by atoms with Crippen LogP contribution in [0.5, 0.6) is 0 Å². The molecule has 1 aromatic carbocycles. The van der Waals surface area contributed by atoms with Crippen molar-refractivity contribution in [3.05, 3.63) is 52.6 Å². The van der Waals surface area contributed by atoms with Gasteiger partial charge in [0.05, 0.1) is 12.2 Å². The molecular formula is C15H16ClFN2. The van der Waals surface area contributed by atoms with Gasteiger partial charge in [0.2, 0.25) is 0 Å². The van der Waals surface area contributed by atoms with Crippen molar-refractivity contribution in [1.82, 2.24) is 9.78 Å². The van der Waals surface area contributed by atoms with E-state index in [0.717, 1.165) is 11.3 Å². The number of hydrogen-bond donors (Lipinski definition) is 0. The first kappa shape index (κ1) is 12.7. The van der Waals surface area contributed by atoms with Gasteiger partial charge in [0.1, 0.15) is 11.0 Å². The van der Waals surface area contributed by atoms with Crippen molar-refractivity contribution in [1.29, 1.82) is 0 Å². The molecular weight excluding hydrogens is 263 g/mol. The molecule has 4 heteroatoms. The molecule has 2 aromatic rings. The second-order valence-corrected chi connectivity index (χ2v) is 5.54. The van der Waals surface area contributed by atoms with E-state index in [2.05, 4.69) is 5.10 Å². The molecule has 1 fully saturated rings. The Labute approximate surface area is 117 Å². The Kier molecular flexibility index (Phi) is 3.56. The number of rotatable bonds is 3. The van der Waals surface area contributed by atoms with Crippen molar-refractivity contribution < 1.29 is 4.39 Å². The summed E-state index contributed by atoms with van der Waals surface area (Å²) < 4.78 is 14.7.